The molecular weight excluding hydrogens is 509 g/mol. The lowest BCUT2D eigenvalue weighted by atomic mass is 11.3. The lowest BCUT2D eigenvalue weighted by Gasteiger charge is -2.11. The van der Waals surface area contributed by atoms with Crippen LogP contribution in [0, 0.1) is 44.3 Å². The zero-order valence-corrected chi connectivity index (χ0v) is 27.6. The number of methoxy groups -OCH3 is 8. The van der Waals surface area contributed by atoms with Crippen molar-refractivity contribution >= 4 is 46.2 Å². The summed E-state index contributed by atoms with van der Waals surface area (Å²) in [6.45, 7) is 0. The molecule has 0 spiro atoms. The molecule has 0 aromatic carbocycles. The Bertz CT molecular complexity index is 634. The number of hydrogen-bond acceptors (Lipinski definition) is 8. The highest BCUT2D eigenvalue weighted by atomic mass is 28.3. The van der Waals surface area contributed by atoms with E-state index in [2.05, 4.69) is 44.3 Å². The largest absolute Gasteiger partial charge is 0.367 e. The highest BCUT2D eigenvalue weighted by molar-refractivity contribution is 7.08. The van der Waals surface area contributed by atoms with Gasteiger partial charge in [0.2, 0.25) is 0 Å². The van der Waals surface area contributed by atoms with Crippen LogP contribution in [-0.2, 0) is 37.9 Å². The fraction of sp³-hybridized carbons (Fsp3) is 0.600. The van der Waals surface area contributed by atoms with Gasteiger partial charge in [-0.1, -0.05) is 22.2 Å². The van der Waals surface area contributed by atoms with Crippen LogP contribution in [-0.4, -0.2) is 127 Å². The molecule has 0 saturated carbocycles. The van der Waals surface area contributed by atoms with Gasteiger partial charge in [0.1, 0.15) is 23.7 Å². The van der Waals surface area contributed by atoms with Crippen LogP contribution in [0.3, 0.4) is 0 Å². The first kappa shape index (κ1) is 32.0. The van der Waals surface area contributed by atoms with Crippen LogP contribution in [0.5, 0.6) is 0 Å². The first-order valence-electron chi connectivity index (χ1n) is 10.2. The topological polar surface area (TPSA) is 73.8 Å². The van der Waals surface area contributed by atoms with E-state index in [1.165, 1.54) is 0 Å². The third kappa shape index (κ3) is 14.1. The lowest BCUT2D eigenvalue weighted by molar-refractivity contribution is -0.0429. The van der Waals surface area contributed by atoms with Crippen molar-refractivity contribution in [3.05, 3.63) is 0 Å². The summed E-state index contributed by atoms with van der Waals surface area (Å²) in [7, 11) is 6.00. The second-order valence-electron chi connectivity index (χ2n) is 6.38. The van der Waals surface area contributed by atoms with Gasteiger partial charge in [-0.2, -0.15) is 0 Å². The molecule has 0 N–H and O–H groups in total. The fourth-order valence-corrected chi connectivity index (χ4v) is 10.6. The van der Waals surface area contributed by atoms with E-state index >= 15 is 0 Å². The molecule has 0 saturated heterocycles. The van der Waals surface area contributed by atoms with Crippen molar-refractivity contribution in [2.24, 2.45) is 0 Å². The molecule has 0 amide bonds. The molecule has 0 unspecified atom stereocenters. The molecule has 0 atom stereocenters. The van der Waals surface area contributed by atoms with Crippen LogP contribution in [0.15, 0.2) is 0 Å². The monoisotopic (exact) mass is 544 g/mol. The summed E-state index contributed by atoms with van der Waals surface area (Å²) in [5.41, 5.74) is 26.5. The summed E-state index contributed by atoms with van der Waals surface area (Å²) in [6.07, 6.45) is 0. The maximum atomic E-state index is 5.31. The normalized spacial score (nSPS) is 13.7. The van der Waals surface area contributed by atoms with Gasteiger partial charge in [-0.25, -0.2) is 0 Å². The summed E-state index contributed by atoms with van der Waals surface area (Å²) >= 11 is 0. The first-order valence-corrected chi connectivity index (χ1v) is 18.3. The summed E-state index contributed by atoms with van der Waals surface area (Å²) in [6, 6.07) is 0. The van der Waals surface area contributed by atoms with Gasteiger partial charge in [0.05, 0.1) is 0 Å². The molecule has 0 aliphatic heterocycles. The fourth-order valence-electron chi connectivity index (χ4n) is 2.31. The zero-order chi connectivity index (χ0) is 25.0. The predicted octanol–water partition coefficient (Wildman–Crippen LogP) is -3.58. The molecule has 0 fully saturated rings. The SMILES string of the molecule is COC(OC)[SiH2]C#C[Si](C#C[SiH2]C(OC)OC)(C#C[SiH2]C(OC)OC)C#C[SiH2]C(OC)OC. The molecule has 0 aromatic heterocycles. The number of hydrogen-bond donors (Lipinski definition) is 0. The highest BCUT2D eigenvalue weighted by Gasteiger charge is 2.26. The molecule has 0 heterocycles. The highest BCUT2D eigenvalue weighted by Crippen LogP contribution is 1.99. The van der Waals surface area contributed by atoms with Crippen LogP contribution in [0.25, 0.3) is 0 Å². The Balaban J connectivity index is 6.25. The lowest BCUT2D eigenvalue weighted by Crippen LogP contribution is -2.32. The smallest absolute Gasteiger partial charge is 0.359 e. The van der Waals surface area contributed by atoms with E-state index in [-0.39, 0.29) is 23.7 Å². The van der Waals surface area contributed by atoms with Crippen molar-refractivity contribution in [2.45, 2.75) is 23.7 Å². The average molecular weight is 545 g/mol. The first-order chi connectivity index (χ1) is 16.0. The maximum absolute atomic E-state index is 5.31. The van der Waals surface area contributed by atoms with E-state index in [9.17, 15) is 0 Å². The molecule has 0 radical (unpaired) electrons. The average Bonchev–Trinajstić information content (AvgIpc) is 2.85. The Labute approximate surface area is 208 Å². The molecule has 0 aliphatic carbocycles. The zero-order valence-electron chi connectivity index (χ0n) is 20.9. The van der Waals surface area contributed by atoms with E-state index in [1.54, 1.807) is 56.9 Å². The Hall–Kier alpha value is -0.996. The van der Waals surface area contributed by atoms with E-state index in [0.717, 1.165) is 0 Å². The number of rotatable bonds is 12. The molecule has 0 aliphatic rings. The Morgan fingerprint density at radius 2 is 0.576 bits per heavy atom. The summed E-state index contributed by atoms with van der Waals surface area (Å²) in [5, 5.41) is 0. The van der Waals surface area contributed by atoms with Crippen molar-refractivity contribution in [2.75, 3.05) is 56.9 Å². The molecule has 8 nitrogen and oxygen atoms in total. The van der Waals surface area contributed by atoms with E-state index in [1.807, 2.05) is 0 Å². The summed E-state index contributed by atoms with van der Waals surface area (Å²) in [4.78, 5) is 0. The van der Waals surface area contributed by atoms with Gasteiger partial charge in [-0.3, -0.25) is 0 Å². The second-order valence-corrected chi connectivity index (χ2v) is 14.6. The van der Waals surface area contributed by atoms with Crippen LogP contribution in [0.1, 0.15) is 0 Å². The molecular formula is C20H36O8Si5. The summed E-state index contributed by atoms with van der Waals surface area (Å²) < 4.78 is 42.4. The van der Waals surface area contributed by atoms with Crippen LogP contribution < -0.4 is 0 Å². The van der Waals surface area contributed by atoms with Crippen molar-refractivity contribution < 1.29 is 37.9 Å². The third-order valence-electron chi connectivity index (χ3n) is 4.28. The molecule has 0 rings (SSSR count). The van der Waals surface area contributed by atoms with Gasteiger partial charge < -0.3 is 37.9 Å². The Kier molecular flexibility index (Phi) is 19.8. The van der Waals surface area contributed by atoms with Crippen molar-refractivity contribution in [1.29, 1.82) is 0 Å². The second kappa shape index (κ2) is 20.4. The number of ether oxygens (including phenoxy) is 8. The quantitative estimate of drug-likeness (QED) is 0.142. The molecule has 0 aromatic rings. The Morgan fingerprint density at radius 1 is 0.394 bits per heavy atom. The molecule has 184 valence electrons. The van der Waals surface area contributed by atoms with Crippen molar-refractivity contribution in [1.82, 2.24) is 0 Å². The van der Waals surface area contributed by atoms with Crippen LogP contribution in [0.4, 0.5) is 0 Å². The van der Waals surface area contributed by atoms with Crippen LogP contribution >= 0.6 is 0 Å². The predicted molar refractivity (Wildman–Crippen MR) is 142 cm³/mol. The third-order valence-corrected chi connectivity index (χ3v) is 13.4. The standard InChI is InChI=1S/C20H36O8Si5/c1-21-17(22-2)29-9-13-33(14-10-30-18(23-3)24-4,15-11-31-19(25-5)26-6)16-12-32-20(27-7)28-8/h17-20H,29-32H2,1-8H3. The molecule has 33 heavy (non-hydrogen) atoms. The van der Waals surface area contributed by atoms with Gasteiger partial charge in [-0.05, 0) is 0 Å². The molecule has 13 heteroatoms. The van der Waals surface area contributed by atoms with E-state index in [0.29, 0.717) is 0 Å². The van der Waals surface area contributed by atoms with Crippen LogP contribution in [0.2, 0.25) is 0 Å². The Morgan fingerprint density at radius 3 is 0.727 bits per heavy atom. The van der Waals surface area contributed by atoms with Gasteiger partial charge in [0.25, 0.3) is 0 Å². The summed E-state index contributed by atoms with van der Waals surface area (Å²) in [5.74, 6) is -1.17. The van der Waals surface area contributed by atoms with Gasteiger partial charge >= 0.3 is 8.07 Å². The maximum Gasteiger partial charge on any atom is 0.367 e. The van der Waals surface area contributed by atoms with Crippen molar-refractivity contribution in [3.8, 4) is 44.3 Å². The van der Waals surface area contributed by atoms with Gasteiger partial charge in [0.15, 0.2) is 38.1 Å². The van der Waals surface area contributed by atoms with Gasteiger partial charge in [0, 0.05) is 56.9 Å². The van der Waals surface area contributed by atoms with E-state index < -0.39 is 46.2 Å². The van der Waals surface area contributed by atoms with Gasteiger partial charge in [-0.15, -0.1) is 22.2 Å². The minimum Gasteiger partial charge on any atom is -0.359 e. The van der Waals surface area contributed by atoms with Crippen molar-refractivity contribution in [3.63, 3.8) is 0 Å². The van der Waals surface area contributed by atoms with E-state index in [4.69, 9.17) is 37.9 Å². The minimum absolute atomic E-state index is 0.291. The minimum atomic E-state index is -2.91. The molecule has 0 bridgehead atoms.